The van der Waals surface area contributed by atoms with Gasteiger partial charge in [0, 0.05) is 18.8 Å². The first-order chi connectivity index (χ1) is 7.97. The number of carbonyl (C=O) groups is 1. The molecule has 0 saturated carbocycles. The van der Waals surface area contributed by atoms with Crippen LogP contribution >= 0.6 is 0 Å². The fraction of sp³-hybridized carbons (Fsp3) is 0.455. The maximum Gasteiger partial charge on any atom is 0.338 e. The third kappa shape index (κ3) is 3.13. The van der Waals surface area contributed by atoms with Crippen molar-refractivity contribution in [3.63, 3.8) is 0 Å². The Morgan fingerprint density at radius 1 is 1.59 bits per heavy atom. The molecule has 0 aromatic carbocycles. The summed E-state index contributed by atoms with van der Waals surface area (Å²) >= 11 is 0. The second kappa shape index (κ2) is 5.58. The lowest BCUT2D eigenvalue weighted by atomic mass is 10.1. The number of anilines is 1. The minimum Gasteiger partial charge on any atom is -0.478 e. The normalized spacial score (nSPS) is 14.1. The Morgan fingerprint density at radius 3 is 2.76 bits per heavy atom. The number of pyridine rings is 1. The number of carboxylic acid groups (broad SMARTS) is 1. The van der Waals surface area contributed by atoms with Gasteiger partial charge >= 0.3 is 5.97 Å². The number of aromatic carboxylic acids is 1. The minimum absolute atomic E-state index is 0.0472. The van der Waals surface area contributed by atoms with E-state index in [-0.39, 0.29) is 24.4 Å². The van der Waals surface area contributed by atoms with E-state index in [1.807, 2.05) is 0 Å². The second-order valence-corrected chi connectivity index (χ2v) is 3.92. The fourth-order valence-electron chi connectivity index (χ4n) is 1.23. The van der Waals surface area contributed by atoms with Crippen LogP contribution in [-0.2, 0) is 0 Å². The van der Waals surface area contributed by atoms with Crippen LogP contribution in [0.2, 0.25) is 0 Å². The van der Waals surface area contributed by atoms with E-state index in [2.05, 4.69) is 10.3 Å². The van der Waals surface area contributed by atoms with E-state index in [0.29, 0.717) is 0 Å². The Hall–Kier alpha value is -1.69. The number of rotatable bonds is 5. The minimum atomic E-state index is -1.34. The molecule has 94 valence electrons. The van der Waals surface area contributed by atoms with Crippen molar-refractivity contribution in [2.45, 2.75) is 19.9 Å². The lowest BCUT2D eigenvalue weighted by Gasteiger charge is -2.20. The quantitative estimate of drug-likeness (QED) is 0.726. The van der Waals surface area contributed by atoms with Gasteiger partial charge in [-0.05, 0) is 18.9 Å². The zero-order chi connectivity index (χ0) is 13.0. The number of aromatic nitrogens is 1. The first-order valence-electron chi connectivity index (χ1n) is 5.22. The zero-order valence-corrected chi connectivity index (χ0v) is 9.64. The topological polar surface area (TPSA) is 82.5 Å². The summed E-state index contributed by atoms with van der Waals surface area (Å²) in [5.74, 6) is -2.44. The van der Waals surface area contributed by atoms with Crippen LogP contribution in [0.1, 0.15) is 24.2 Å². The average molecular weight is 242 g/mol. The van der Waals surface area contributed by atoms with E-state index < -0.39 is 17.3 Å². The Morgan fingerprint density at radius 2 is 2.24 bits per heavy atom. The summed E-state index contributed by atoms with van der Waals surface area (Å²) in [6.45, 7) is 3.50. The molecule has 0 amide bonds. The van der Waals surface area contributed by atoms with Crippen LogP contribution < -0.4 is 5.32 Å². The molecule has 1 aromatic rings. The van der Waals surface area contributed by atoms with Gasteiger partial charge in [0.1, 0.15) is 5.56 Å². The van der Waals surface area contributed by atoms with Crippen molar-refractivity contribution < 1.29 is 19.4 Å². The van der Waals surface area contributed by atoms with Crippen molar-refractivity contribution in [2.24, 2.45) is 5.92 Å². The van der Waals surface area contributed by atoms with E-state index in [0.717, 1.165) is 6.07 Å². The summed E-state index contributed by atoms with van der Waals surface area (Å²) in [4.78, 5) is 14.5. The summed E-state index contributed by atoms with van der Waals surface area (Å²) < 4.78 is 13.7. The molecule has 1 aromatic heterocycles. The van der Waals surface area contributed by atoms with E-state index in [1.54, 1.807) is 13.8 Å². The molecule has 0 saturated heterocycles. The van der Waals surface area contributed by atoms with Crippen LogP contribution in [0.25, 0.3) is 0 Å². The molecule has 0 bridgehead atoms. The van der Waals surface area contributed by atoms with Gasteiger partial charge < -0.3 is 15.5 Å². The van der Waals surface area contributed by atoms with Gasteiger partial charge in [-0.15, -0.1) is 0 Å². The van der Waals surface area contributed by atoms with Crippen LogP contribution in [0.15, 0.2) is 12.3 Å². The van der Waals surface area contributed by atoms with Crippen molar-refractivity contribution in [3.05, 3.63) is 23.6 Å². The summed E-state index contributed by atoms with van der Waals surface area (Å²) in [5, 5.41) is 20.4. The van der Waals surface area contributed by atoms with Gasteiger partial charge in [-0.1, -0.05) is 6.92 Å². The molecule has 0 aliphatic heterocycles. The molecule has 2 unspecified atom stereocenters. The van der Waals surface area contributed by atoms with Crippen molar-refractivity contribution in [2.75, 3.05) is 11.9 Å². The number of halogens is 1. The Balaban J connectivity index is 2.92. The van der Waals surface area contributed by atoms with Gasteiger partial charge in [0.05, 0.1) is 0 Å². The monoisotopic (exact) mass is 242 g/mol. The molecule has 3 N–H and O–H groups in total. The number of nitrogens with zero attached hydrogens (tertiary/aromatic N) is 1. The Labute approximate surface area is 98.3 Å². The smallest absolute Gasteiger partial charge is 0.338 e. The molecule has 1 rings (SSSR count). The van der Waals surface area contributed by atoms with Crippen LogP contribution in [0.5, 0.6) is 0 Å². The Kier molecular flexibility index (Phi) is 4.39. The molecule has 0 fully saturated rings. The van der Waals surface area contributed by atoms with Crippen molar-refractivity contribution in [3.8, 4) is 0 Å². The largest absolute Gasteiger partial charge is 0.478 e. The van der Waals surface area contributed by atoms with Crippen molar-refractivity contribution in [1.29, 1.82) is 0 Å². The van der Waals surface area contributed by atoms with Gasteiger partial charge in [0.2, 0.25) is 0 Å². The van der Waals surface area contributed by atoms with Crippen molar-refractivity contribution in [1.82, 2.24) is 4.98 Å². The molecule has 2 atom stereocenters. The number of nitrogens with one attached hydrogen (secondary N) is 1. The highest BCUT2D eigenvalue weighted by Crippen LogP contribution is 2.17. The molecular weight excluding hydrogens is 227 g/mol. The highest BCUT2D eigenvalue weighted by Gasteiger charge is 2.18. The molecular formula is C11H15FN2O3. The number of aliphatic hydroxyl groups excluding tert-OH is 1. The standard InChI is InChI=1S/C11H15FN2O3/c1-6(5-15)7(2)14-10-9(12)8(11(16)17)3-4-13-10/h3-4,6-7,15H,5H2,1-2H3,(H,13,14)(H,16,17). The van der Waals surface area contributed by atoms with Gasteiger partial charge in [-0.25, -0.2) is 14.2 Å². The fourth-order valence-corrected chi connectivity index (χ4v) is 1.23. The lowest BCUT2D eigenvalue weighted by molar-refractivity contribution is 0.0691. The van der Waals surface area contributed by atoms with Gasteiger partial charge in [0.25, 0.3) is 0 Å². The predicted octanol–water partition coefficient (Wildman–Crippen LogP) is 1.35. The molecule has 0 aliphatic carbocycles. The molecule has 0 spiro atoms. The van der Waals surface area contributed by atoms with Gasteiger partial charge in [-0.3, -0.25) is 0 Å². The lowest BCUT2D eigenvalue weighted by Crippen LogP contribution is -2.27. The maximum atomic E-state index is 13.7. The summed E-state index contributed by atoms with van der Waals surface area (Å²) in [5.41, 5.74) is -0.425. The van der Waals surface area contributed by atoms with E-state index in [4.69, 9.17) is 10.2 Å². The van der Waals surface area contributed by atoms with E-state index >= 15 is 0 Å². The molecule has 6 heteroatoms. The maximum absolute atomic E-state index is 13.7. The molecule has 1 heterocycles. The second-order valence-electron chi connectivity index (χ2n) is 3.92. The highest BCUT2D eigenvalue weighted by atomic mass is 19.1. The van der Waals surface area contributed by atoms with E-state index in [9.17, 15) is 9.18 Å². The third-order valence-corrected chi connectivity index (χ3v) is 2.63. The SMILES string of the molecule is CC(CO)C(C)Nc1nccc(C(=O)O)c1F. The van der Waals surface area contributed by atoms with E-state index in [1.165, 1.54) is 6.20 Å². The summed E-state index contributed by atoms with van der Waals surface area (Å²) in [7, 11) is 0. The highest BCUT2D eigenvalue weighted by molar-refractivity contribution is 5.88. The molecule has 0 aliphatic rings. The predicted molar refractivity (Wildman–Crippen MR) is 60.5 cm³/mol. The average Bonchev–Trinajstić information content (AvgIpc) is 2.30. The molecule has 5 nitrogen and oxygen atoms in total. The van der Waals surface area contributed by atoms with Crippen molar-refractivity contribution >= 4 is 11.8 Å². The first kappa shape index (κ1) is 13.4. The van der Waals surface area contributed by atoms with Crippen LogP contribution in [0, 0.1) is 11.7 Å². The molecule has 17 heavy (non-hydrogen) atoms. The summed E-state index contributed by atoms with van der Waals surface area (Å²) in [6.07, 6.45) is 1.23. The third-order valence-electron chi connectivity index (χ3n) is 2.63. The first-order valence-corrected chi connectivity index (χ1v) is 5.22. The number of hydrogen-bond donors (Lipinski definition) is 3. The number of hydrogen-bond acceptors (Lipinski definition) is 4. The molecule has 0 radical (unpaired) electrons. The Bertz CT molecular complexity index is 412. The summed E-state index contributed by atoms with van der Waals surface area (Å²) in [6, 6.07) is 0.884. The number of aliphatic hydroxyl groups is 1. The van der Waals surface area contributed by atoms with Gasteiger partial charge in [0.15, 0.2) is 11.6 Å². The van der Waals surface area contributed by atoms with Gasteiger partial charge in [-0.2, -0.15) is 0 Å². The number of carboxylic acids is 1. The van der Waals surface area contributed by atoms with Crippen LogP contribution in [0.3, 0.4) is 0 Å². The van der Waals surface area contributed by atoms with Crippen LogP contribution in [-0.4, -0.2) is 33.8 Å². The van der Waals surface area contributed by atoms with Crippen LogP contribution in [0.4, 0.5) is 10.2 Å². The zero-order valence-electron chi connectivity index (χ0n) is 9.64.